The summed E-state index contributed by atoms with van der Waals surface area (Å²) in [5, 5.41) is 4.59. The number of hydrogen-bond donors (Lipinski definition) is 1. The molecule has 3 aromatic carbocycles. The summed E-state index contributed by atoms with van der Waals surface area (Å²) >= 11 is 1.34. The molecule has 1 aromatic heterocycles. The molecular formula is C24H23N3O3S2. The second-order valence-electron chi connectivity index (χ2n) is 7.53. The molecule has 6 nitrogen and oxygen atoms in total. The van der Waals surface area contributed by atoms with Gasteiger partial charge >= 0.3 is 0 Å². The molecule has 1 amide bonds. The lowest BCUT2D eigenvalue weighted by Crippen LogP contribution is -2.38. The predicted molar refractivity (Wildman–Crippen MR) is 130 cm³/mol. The third-order valence-electron chi connectivity index (χ3n) is 5.32. The van der Waals surface area contributed by atoms with Crippen molar-refractivity contribution in [3.8, 4) is 0 Å². The Hall–Kier alpha value is -3.23. The number of amides is 1. The van der Waals surface area contributed by atoms with Crippen molar-refractivity contribution in [2.75, 3.05) is 16.2 Å². The Morgan fingerprint density at radius 3 is 2.47 bits per heavy atom. The van der Waals surface area contributed by atoms with Gasteiger partial charge in [0.25, 0.3) is 10.0 Å². The van der Waals surface area contributed by atoms with Crippen LogP contribution in [0.1, 0.15) is 16.0 Å². The topological polar surface area (TPSA) is 79.4 Å². The first-order valence-corrected chi connectivity index (χ1v) is 12.3. The molecule has 0 aliphatic carbocycles. The number of aromatic nitrogens is 1. The van der Waals surface area contributed by atoms with Crippen molar-refractivity contribution in [2.45, 2.75) is 25.7 Å². The Labute approximate surface area is 191 Å². The van der Waals surface area contributed by atoms with E-state index in [-0.39, 0.29) is 11.4 Å². The summed E-state index contributed by atoms with van der Waals surface area (Å²) in [5.41, 5.74) is 2.22. The fourth-order valence-corrected chi connectivity index (χ4v) is 5.92. The van der Waals surface area contributed by atoms with Crippen LogP contribution in [-0.4, -0.2) is 25.9 Å². The number of nitrogens with one attached hydrogen (secondary N) is 1. The largest absolute Gasteiger partial charge is 0.300 e. The Morgan fingerprint density at radius 1 is 1.00 bits per heavy atom. The Morgan fingerprint density at radius 2 is 1.72 bits per heavy atom. The molecule has 4 rings (SSSR count). The van der Waals surface area contributed by atoms with E-state index in [9.17, 15) is 13.2 Å². The third-order valence-corrected chi connectivity index (χ3v) is 7.96. The summed E-state index contributed by atoms with van der Waals surface area (Å²) in [6.07, 6.45) is 1.66. The summed E-state index contributed by atoms with van der Waals surface area (Å²) in [7, 11) is -4.05. The fourth-order valence-electron chi connectivity index (χ4n) is 3.55. The number of rotatable bonds is 6. The van der Waals surface area contributed by atoms with Crippen molar-refractivity contribution < 1.29 is 13.2 Å². The molecule has 164 valence electrons. The van der Waals surface area contributed by atoms with Gasteiger partial charge in [-0.05, 0) is 49.4 Å². The van der Waals surface area contributed by atoms with E-state index in [1.165, 1.54) is 15.6 Å². The maximum Gasteiger partial charge on any atom is 0.265 e. The standard InChI is InChI=1S/C24H23N3O3S2/c1-16-8-6-12-21(18(16)3)27(15-23(28)26-24-25-14-17(2)31-24)32(29,30)22-13-7-10-19-9-4-5-11-20(19)22/h4-14H,15H2,1-3H3,(H,25,26,28). The van der Waals surface area contributed by atoms with Gasteiger partial charge in [-0.1, -0.05) is 48.5 Å². The third kappa shape index (κ3) is 4.24. The van der Waals surface area contributed by atoms with Crippen LogP contribution < -0.4 is 9.62 Å². The molecule has 0 saturated carbocycles. The number of carbonyl (C=O) groups excluding carboxylic acids is 1. The first-order chi connectivity index (χ1) is 15.3. The van der Waals surface area contributed by atoms with Crippen LogP contribution in [0.25, 0.3) is 10.8 Å². The molecule has 0 radical (unpaired) electrons. The average molecular weight is 466 g/mol. The lowest BCUT2D eigenvalue weighted by molar-refractivity contribution is -0.114. The van der Waals surface area contributed by atoms with Crippen LogP contribution in [0.3, 0.4) is 0 Å². The fraction of sp³-hybridized carbons (Fsp3) is 0.167. The molecule has 0 saturated heterocycles. The minimum Gasteiger partial charge on any atom is -0.300 e. The van der Waals surface area contributed by atoms with Crippen LogP contribution in [0.2, 0.25) is 0 Å². The second kappa shape index (κ2) is 8.72. The van der Waals surface area contributed by atoms with Crippen molar-refractivity contribution in [1.82, 2.24) is 4.98 Å². The van der Waals surface area contributed by atoms with E-state index in [0.717, 1.165) is 21.4 Å². The number of fused-ring (bicyclic) bond motifs is 1. The second-order valence-corrected chi connectivity index (χ2v) is 10.6. The molecule has 8 heteroatoms. The van der Waals surface area contributed by atoms with E-state index in [0.29, 0.717) is 16.2 Å². The molecule has 0 spiro atoms. The molecule has 4 aromatic rings. The molecule has 0 unspecified atom stereocenters. The van der Waals surface area contributed by atoms with Crippen LogP contribution in [0.15, 0.2) is 71.8 Å². The number of hydrogen-bond acceptors (Lipinski definition) is 5. The quantitative estimate of drug-likeness (QED) is 0.432. The summed E-state index contributed by atoms with van der Waals surface area (Å²) < 4.78 is 29.1. The van der Waals surface area contributed by atoms with Gasteiger partial charge in [-0.3, -0.25) is 9.10 Å². The van der Waals surface area contributed by atoms with Crippen LogP contribution in [0.5, 0.6) is 0 Å². The Kier molecular flexibility index (Phi) is 5.99. The van der Waals surface area contributed by atoms with Gasteiger partial charge in [-0.15, -0.1) is 11.3 Å². The van der Waals surface area contributed by atoms with Gasteiger partial charge in [-0.25, -0.2) is 13.4 Å². The lowest BCUT2D eigenvalue weighted by atomic mass is 10.1. The highest BCUT2D eigenvalue weighted by molar-refractivity contribution is 7.93. The molecule has 0 bridgehead atoms. The minimum atomic E-state index is -4.05. The summed E-state index contributed by atoms with van der Waals surface area (Å²) in [5.74, 6) is -0.455. The predicted octanol–water partition coefficient (Wildman–Crippen LogP) is 5.06. The van der Waals surface area contributed by atoms with Crippen molar-refractivity contribution in [1.29, 1.82) is 0 Å². The smallest absolute Gasteiger partial charge is 0.265 e. The Balaban J connectivity index is 1.81. The van der Waals surface area contributed by atoms with Gasteiger partial charge in [0.15, 0.2) is 5.13 Å². The number of carbonyl (C=O) groups is 1. The van der Waals surface area contributed by atoms with E-state index in [4.69, 9.17) is 0 Å². The van der Waals surface area contributed by atoms with Crippen molar-refractivity contribution in [3.05, 3.63) is 82.9 Å². The number of nitrogens with zero attached hydrogens (tertiary/aromatic N) is 2. The maximum absolute atomic E-state index is 13.9. The van der Waals surface area contributed by atoms with Crippen molar-refractivity contribution in [3.63, 3.8) is 0 Å². The van der Waals surface area contributed by atoms with E-state index in [2.05, 4.69) is 10.3 Å². The Bertz CT molecular complexity index is 1410. The molecule has 0 atom stereocenters. The van der Waals surface area contributed by atoms with E-state index >= 15 is 0 Å². The molecule has 0 fully saturated rings. The minimum absolute atomic E-state index is 0.161. The SMILES string of the molecule is Cc1cnc(NC(=O)CN(c2cccc(C)c2C)S(=O)(=O)c2cccc3ccccc23)s1. The molecule has 1 heterocycles. The number of anilines is 2. The van der Waals surface area contributed by atoms with Gasteiger partial charge in [0.05, 0.1) is 10.6 Å². The number of thiazole rings is 1. The number of aryl methyl sites for hydroxylation is 2. The van der Waals surface area contributed by atoms with Gasteiger partial charge in [0.1, 0.15) is 6.54 Å². The van der Waals surface area contributed by atoms with Crippen molar-refractivity contribution in [2.24, 2.45) is 0 Å². The zero-order valence-electron chi connectivity index (χ0n) is 18.0. The highest BCUT2D eigenvalue weighted by Gasteiger charge is 2.30. The molecule has 32 heavy (non-hydrogen) atoms. The molecule has 0 aliphatic heterocycles. The molecule has 1 N–H and O–H groups in total. The van der Waals surface area contributed by atoms with Gasteiger partial charge in [0.2, 0.25) is 5.91 Å². The normalized spacial score (nSPS) is 11.5. The average Bonchev–Trinajstić information content (AvgIpc) is 3.18. The first-order valence-electron chi connectivity index (χ1n) is 10.1. The molecular weight excluding hydrogens is 442 g/mol. The van der Waals surface area contributed by atoms with E-state index in [1.54, 1.807) is 42.6 Å². The van der Waals surface area contributed by atoms with Gasteiger partial charge < -0.3 is 5.32 Å². The monoisotopic (exact) mass is 465 g/mol. The van der Waals surface area contributed by atoms with Crippen LogP contribution in [0, 0.1) is 20.8 Å². The van der Waals surface area contributed by atoms with E-state index in [1.807, 2.05) is 45.0 Å². The van der Waals surface area contributed by atoms with Crippen LogP contribution in [0.4, 0.5) is 10.8 Å². The van der Waals surface area contributed by atoms with Gasteiger partial charge in [-0.2, -0.15) is 0 Å². The zero-order valence-corrected chi connectivity index (χ0v) is 19.6. The van der Waals surface area contributed by atoms with Gasteiger partial charge in [0, 0.05) is 16.5 Å². The van der Waals surface area contributed by atoms with Crippen molar-refractivity contribution >= 4 is 48.9 Å². The van der Waals surface area contributed by atoms with Crippen LogP contribution in [-0.2, 0) is 14.8 Å². The molecule has 0 aliphatic rings. The lowest BCUT2D eigenvalue weighted by Gasteiger charge is -2.26. The number of sulfonamides is 1. The number of benzene rings is 3. The summed E-state index contributed by atoms with van der Waals surface area (Å²) in [6, 6.07) is 17.9. The summed E-state index contributed by atoms with van der Waals surface area (Å²) in [6.45, 7) is 5.30. The highest BCUT2D eigenvalue weighted by atomic mass is 32.2. The van der Waals surface area contributed by atoms with E-state index < -0.39 is 15.9 Å². The van der Waals surface area contributed by atoms with Crippen LogP contribution >= 0.6 is 11.3 Å². The zero-order chi connectivity index (χ0) is 22.9. The highest BCUT2D eigenvalue weighted by Crippen LogP contribution is 2.32. The first kappa shape index (κ1) is 22.0. The maximum atomic E-state index is 13.9. The summed E-state index contributed by atoms with van der Waals surface area (Å²) in [4.78, 5) is 18.2.